The molecule has 150 valence electrons. The Morgan fingerprint density at radius 2 is 1.90 bits per heavy atom. The number of nitrogens with one attached hydrogen (secondary N) is 2. The first-order valence-corrected chi connectivity index (χ1v) is 9.93. The summed E-state index contributed by atoms with van der Waals surface area (Å²) in [4.78, 5) is 12.2. The van der Waals surface area contributed by atoms with Crippen LogP contribution in [0.1, 0.15) is 31.7 Å². The third-order valence-electron chi connectivity index (χ3n) is 4.81. The molecule has 0 aliphatic heterocycles. The smallest absolute Gasteiger partial charge is 0.264 e. The second kappa shape index (κ2) is 9.39. The number of hydrogen-bond donors (Lipinski definition) is 3. The number of thiocarbonyl (C=S) groups is 1. The molecule has 0 bridgehead atoms. The van der Waals surface area contributed by atoms with Crippen LogP contribution in [0.2, 0.25) is 0 Å². The average molecular weight is 409 g/mol. The van der Waals surface area contributed by atoms with Crippen LogP contribution in [0.4, 0.5) is 5.69 Å². The lowest BCUT2D eigenvalue weighted by Crippen LogP contribution is -2.37. The van der Waals surface area contributed by atoms with E-state index in [9.17, 15) is 9.90 Å². The minimum atomic E-state index is -0.381. The van der Waals surface area contributed by atoms with Crippen molar-refractivity contribution in [3.05, 3.63) is 66.2 Å². The number of aromatic hydroxyl groups is 1. The standard InChI is InChI=1S/C23H24N2O3S/c1-3-15(2)17-11-12-20(26)19(13-17)24-23(29)25-22(27)14-28-21-10-6-8-16-7-4-5-9-18(16)21/h4-13,15,26H,3,14H2,1-2H3,(H2,24,25,27,29). The van der Waals surface area contributed by atoms with Crippen molar-refractivity contribution in [3.8, 4) is 11.5 Å². The van der Waals surface area contributed by atoms with Crippen LogP contribution in [0.25, 0.3) is 10.8 Å². The van der Waals surface area contributed by atoms with Crippen molar-refractivity contribution in [3.63, 3.8) is 0 Å². The average Bonchev–Trinajstić information content (AvgIpc) is 2.73. The maximum atomic E-state index is 12.2. The van der Waals surface area contributed by atoms with Crippen molar-refractivity contribution in [1.29, 1.82) is 0 Å². The Bertz CT molecular complexity index is 1030. The predicted molar refractivity (Wildman–Crippen MR) is 121 cm³/mol. The van der Waals surface area contributed by atoms with E-state index < -0.39 is 0 Å². The highest BCUT2D eigenvalue weighted by atomic mass is 32.1. The minimum Gasteiger partial charge on any atom is -0.506 e. The first-order valence-electron chi connectivity index (χ1n) is 9.52. The van der Waals surface area contributed by atoms with Crippen molar-refractivity contribution in [2.75, 3.05) is 11.9 Å². The summed E-state index contributed by atoms with van der Waals surface area (Å²) < 4.78 is 5.67. The summed E-state index contributed by atoms with van der Waals surface area (Å²) in [6, 6.07) is 18.9. The Labute approximate surface area is 175 Å². The fourth-order valence-corrected chi connectivity index (χ4v) is 3.20. The number of anilines is 1. The molecule has 0 fully saturated rings. The highest BCUT2D eigenvalue weighted by Crippen LogP contribution is 2.29. The largest absolute Gasteiger partial charge is 0.506 e. The molecule has 29 heavy (non-hydrogen) atoms. The number of amides is 1. The van der Waals surface area contributed by atoms with Gasteiger partial charge in [0.1, 0.15) is 11.5 Å². The summed E-state index contributed by atoms with van der Waals surface area (Å²) in [5.74, 6) is 0.679. The lowest BCUT2D eigenvalue weighted by Gasteiger charge is -2.15. The van der Waals surface area contributed by atoms with Gasteiger partial charge in [0.2, 0.25) is 0 Å². The van der Waals surface area contributed by atoms with Crippen molar-refractivity contribution < 1.29 is 14.6 Å². The van der Waals surface area contributed by atoms with E-state index in [1.54, 1.807) is 6.07 Å². The van der Waals surface area contributed by atoms with Crippen LogP contribution in [-0.4, -0.2) is 22.7 Å². The lowest BCUT2D eigenvalue weighted by molar-refractivity contribution is -0.121. The highest BCUT2D eigenvalue weighted by Gasteiger charge is 2.11. The molecule has 5 nitrogen and oxygen atoms in total. The van der Waals surface area contributed by atoms with Gasteiger partial charge in [0.05, 0.1) is 5.69 Å². The van der Waals surface area contributed by atoms with Crippen LogP contribution in [0.15, 0.2) is 60.7 Å². The first-order chi connectivity index (χ1) is 14.0. The number of hydrogen-bond acceptors (Lipinski definition) is 4. The SMILES string of the molecule is CCC(C)c1ccc(O)c(NC(=S)NC(=O)COc2cccc3ccccc23)c1. The molecule has 3 aromatic rings. The Hall–Kier alpha value is -3.12. The van der Waals surface area contributed by atoms with Crippen molar-refractivity contribution in [2.45, 2.75) is 26.2 Å². The minimum absolute atomic E-state index is 0.0701. The van der Waals surface area contributed by atoms with Gasteiger partial charge >= 0.3 is 0 Å². The van der Waals surface area contributed by atoms with E-state index in [4.69, 9.17) is 17.0 Å². The van der Waals surface area contributed by atoms with Gasteiger partial charge in [0.25, 0.3) is 5.91 Å². The number of fused-ring (bicyclic) bond motifs is 1. The molecule has 0 saturated heterocycles. The fraction of sp³-hybridized carbons (Fsp3) is 0.217. The number of ether oxygens (including phenoxy) is 1. The summed E-state index contributed by atoms with van der Waals surface area (Å²) in [6.45, 7) is 4.04. The van der Waals surface area contributed by atoms with Crippen LogP contribution in [-0.2, 0) is 4.79 Å². The molecule has 0 spiro atoms. The van der Waals surface area contributed by atoms with Crippen LogP contribution >= 0.6 is 12.2 Å². The maximum Gasteiger partial charge on any atom is 0.264 e. The van der Waals surface area contributed by atoms with Crippen molar-refractivity contribution in [2.24, 2.45) is 0 Å². The van der Waals surface area contributed by atoms with Gasteiger partial charge < -0.3 is 15.2 Å². The summed E-state index contributed by atoms with van der Waals surface area (Å²) in [7, 11) is 0. The quantitative estimate of drug-likeness (QED) is 0.398. The zero-order valence-electron chi connectivity index (χ0n) is 16.4. The van der Waals surface area contributed by atoms with E-state index in [1.165, 1.54) is 0 Å². The molecule has 0 saturated carbocycles. The number of rotatable bonds is 6. The number of carbonyl (C=O) groups is 1. The van der Waals surface area contributed by atoms with E-state index >= 15 is 0 Å². The van der Waals surface area contributed by atoms with E-state index in [0.717, 1.165) is 22.8 Å². The molecule has 1 unspecified atom stereocenters. The van der Waals surface area contributed by atoms with E-state index in [2.05, 4.69) is 24.5 Å². The van der Waals surface area contributed by atoms with Gasteiger partial charge in [-0.3, -0.25) is 10.1 Å². The molecule has 0 radical (unpaired) electrons. The molecule has 1 amide bonds. The van der Waals surface area contributed by atoms with E-state index in [1.807, 2.05) is 54.6 Å². The van der Waals surface area contributed by atoms with E-state index in [0.29, 0.717) is 17.4 Å². The third kappa shape index (κ3) is 5.23. The number of phenols is 1. The van der Waals surface area contributed by atoms with Crippen LogP contribution in [0.5, 0.6) is 11.5 Å². The molecule has 6 heteroatoms. The second-order valence-electron chi connectivity index (χ2n) is 6.85. The van der Waals surface area contributed by atoms with Crippen molar-refractivity contribution >= 4 is 39.7 Å². The molecule has 0 heterocycles. The van der Waals surface area contributed by atoms with Gasteiger partial charge in [-0.05, 0) is 53.7 Å². The predicted octanol–water partition coefficient (Wildman–Crippen LogP) is 4.95. The normalized spacial score (nSPS) is 11.7. The van der Waals surface area contributed by atoms with Crippen LogP contribution < -0.4 is 15.4 Å². The topological polar surface area (TPSA) is 70.6 Å². The number of carbonyl (C=O) groups excluding carboxylic acids is 1. The molecule has 3 N–H and O–H groups in total. The first kappa shape index (κ1) is 20.6. The summed E-state index contributed by atoms with van der Waals surface area (Å²) in [6.07, 6.45) is 0.983. The van der Waals surface area contributed by atoms with Gasteiger partial charge in [0, 0.05) is 5.39 Å². The zero-order valence-corrected chi connectivity index (χ0v) is 17.3. The molecule has 0 aromatic heterocycles. The monoisotopic (exact) mass is 408 g/mol. The maximum absolute atomic E-state index is 12.2. The Morgan fingerprint density at radius 1 is 1.14 bits per heavy atom. The summed E-state index contributed by atoms with van der Waals surface area (Å²) in [5, 5.41) is 17.6. The van der Waals surface area contributed by atoms with E-state index in [-0.39, 0.29) is 23.4 Å². The lowest BCUT2D eigenvalue weighted by atomic mass is 9.98. The fourth-order valence-electron chi connectivity index (χ4n) is 2.98. The molecule has 1 atom stereocenters. The summed E-state index contributed by atoms with van der Waals surface area (Å²) >= 11 is 5.21. The summed E-state index contributed by atoms with van der Waals surface area (Å²) in [5.41, 5.74) is 1.55. The van der Waals surface area contributed by atoms with Gasteiger partial charge in [0.15, 0.2) is 11.7 Å². The zero-order chi connectivity index (χ0) is 20.8. The Kier molecular flexibility index (Phi) is 6.67. The number of phenolic OH excluding ortho intramolecular Hbond substituents is 1. The second-order valence-corrected chi connectivity index (χ2v) is 7.26. The number of benzene rings is 3. The van der Waals surface area contributed by atoms with Crippen molar-refractivity contribution in [1.82, 2.24) is 5.32 Å². The van der Waals surface area contributed by atoms with Gasteiger partial charge in [-0.1, -0.05) is 56.3 Å². The molecular weight excluding hydrogens is 384 g/mol. The highest BCUT2D eigenvalue weighted by molar-refractivity contribution is 7.80. The van der Waals surface area contributed by atoms with Crippen LogP contribution in [0, 0.1) is 0 Å². The van der Waals surface area contributed by atoms with Gasteiger partial charge in [-0.25, -0.2) is 0 Å². The van der Waals surface area contributed by atoms with Crippen LogP contribution in [0.3, 0.4) is 0 Å². The third-order valence-corrected chi connectivity index (χ3v) is 5.02. The molecular formula is C23H24N2O3S. The molecule has 3 rings (SSSR count). The molecule has 3 aromatic carbocycles. The molecule has 0 aliphatic carbocycles. The van der Waals surface area contributed by atoms with Gasteiger partial charge in [-0.2, -0.15) is 0 Å². The van der Waals surface area contributed by atoms with Gasteiger partial charge in [-0.15, -0.1) is 0 Å². The molecule has 0 aliphatic rings. The Morgan fingerprint density at radius 3 is 2.69 bits per heavy atom. The Balaban J connectivity index is 1.59.